The Morgan fingerprint density at radius 2 is 1.68 bits per heavy atom. The number of hydrogen-bond donors (Lipinski definition) is 3. The van der Waals surface area contributed by atoms with E-state index in [1.807, 2.05) is 35.2 Å². The number of alkyl halides is 2. The van der Waals surface area contributed by atoms with Gasteiger partial charge in [-0.25, -0.2) is 0 Å². The molecule has 3 aliphatic rings. The molecule has 11 nitrogen and oxygen atoms in total. The molecule has 3 saturated heterocycles. The van der Waals surface area contributed by atoms with Crippen molar-refractivity contribution >= 4 is 52.6 Å². The summed E-state index contributed by atoms with van der Waals surface area (Å²) in [4.78, 5) is 77.3. The molecule has 1 aromatic heterocycles. The van der Waals surface area contributed by atoms with Gasteiger partial charge >= 0.3 is 13.3 Å². The van der Waals surface area contributed by atoms with Crippen LogP contribution in [0, 0.1) is 0 Å². The zero-order valence-corrected chi connectivity index (χ0v) is 27.3. The van der Waals surface area contributed by atoms with Gasteiger partial charge in [-0.2, -0.15) is 8.78 Å². The minimum Gasteiger partial charge on any atom is -0.340 e. The van der Waals surface area contributed by atoms with Crippen LogP contribution in [-0.4, -0.2) is 92.4 Å². The van der Waals surface area contributed by atoms with E-state index in [1.54, 1.807) is 4.90 Å². The van der Waals surface area contributed by atoms with Crippen LogP contribution >= 0.6 is 18.9 Å². The number of benzene rings is 2. The van der Waals surface area contributed by atoms with Crippen LogP contribution in [0.25, 0.3) is 10.1 Å². The predicted octanol–water partition coefficient (Wildman–Crippen LogP) is 3.85. The second-order valence-electron chi connectivity index (χ2n) is 12.4. The highest BCUT2D eigenvalue weighted by molar-refractivity contribution is 7.52. The maximum atomic E-state index is 14.3. The third kappa shape index (κ3) is 6.43. The molecule has 0 spiro atoms. The van der Waals surface area contributed by atoms with Gasteiger partial charge in [0.15, 0.2) is 0 Å². The predicted molar refractivity (Wildman–Crippen MR) is 170 cm³/mol. The lowest BCUT2D eigenvalue weighted by Crippen LogP contribution is -2.61. The van der Waals surface area contributed by atoms with Crippen LogP contribution in [0.3, 0.4) is 0 Å². The van der Waals surface area contributed by atoms with Crippen molar-refractivity contribution in [2.45, 2.75) is 62.3 Å². The number of nitrogens with one attached hydrogen (secondary N) is 1. The number of nitrogens with zero attached hydrogens (tertiary/aromatic N) is 3. The maximum Gasteiger partial charge on any atom is 0.399 e. The van der Waals surface area contributed by atoms with Crippen LogP contribution in [0.4, 0.5) is 8.78 Å². The number of halogens is 2. The quantitative estimate of drug-likeness (QED) is 0.334. The molecule has 4 amide bonds. The van der Waals surface area contributed by atoms with Gasteiger partial charge in [0.25, 0.3) is 5.91 Å². The van der Waals surface area contributed by atoms with Gasteiger partial charge in [-0.15, -0.1) is 11.3 Å². The van der Waals surface area contributed by atoms with E-state index in [0.29, 0.717) is 43.6 Å². The zero-order valence-electron chi connectivity index (χ0n) is 25.6. The van der Waals surface area contributed by atoms with Gasteiger partial charge in [0.2, 0.25) is 17.7 Å². The second-order valence-corrected chi connectivity index (χ2v) is 15.1. The lowest BCUT2D eigenvalue weighted by Gasteiger charge is -2.39. The highest BCUT2D eigenvalue weighted by atomic mass is 32.1. The Morgan fingerprint density at radius 1 is 0.957 bits per heavy atom. The smallest absolute Gasteiger partial charge is 0.340 e. The number of fused-ring (bicyclic) bond motifs is 2. The van der Waals surface area contributed by atoms with Crippen LogP contribution in [0.5, 0.6) is 0 Å². The number of carbonyl (C=O) groups excluding carboxylic acids is 4. The molecule has 3 fully saturated rings. The third-order valence-electron chi connectivity index (χ3n) is 9.45. The van der Waals surface area contributed by atoms with Gasteiger partial charge in [-0.1, -0.05) is 36.4 Å². The van der Waals surface area contributed by atoms with Crippen LogP contribution in [0.15, 0.2) is 54.6 Å². The first-order valence-electron chi connectivity index (χ1n) is 15.4. The molecule has 3 aliphatic heterocycles. The molecular formula is C32H35F2N4O7PS. The van der Waals surface area contributed by atoms with Gasteiger partial charge in [0.1, 0.15) is 12.1 Å². The Balaban J connectivity index is 1.22. The van der Waals surface area contributed by atoms with E-state index in [2.05, 4.69) is 5.32 Å². The van der Waals surface area contributed by atoms with E-state index in [-0.39, 0.29) is 40.6 Å². The van der Waals surface area contributed by atoms with Crippen molar-refractivity contribution in [3.05, 3.63) is 70.6 Å². The van der Waals surface area contributed by atoms with Crippen molar-refractivity contribution in [2.75, 3.05) is 26.2 Å². The van der Waals surface area contributed by atoms with E-state index in [4.69, 9.17) is 9.79 Å². The van der Waals surface area contributed by atoms with E-state index in [1.165, 1.54) is 24.0 Å². The molecule has 250 valence electrons. The maximum absolute atomic E-state index is 14.3. The SMILES string of the molecule is CC(=O)N1CC[C@H]2CC[C@@H](C(=O)N3CC[C@@H](c4ccccc4)C3)N2C(=O)C(NC(=O)c2cc3cc(C(F)(F)P(=O)(O)O)ccc3s2)C1. The highest BCUT2D eigenvalue weighted by Crippen LogP contribution is 2.59. The van der Waals surface area contributed by atoms with Gasteiger partial charge in [-0.05, 0) is 54.8 Å². The van der Waals surface area contributed by atoms with Gasteiger partial charge in [0.05, 0.1) is 4.88 Å². The molecule has 4 atom stereocenters. The highest BCUT2D eigenvalue weighted by Gasteiger charge is 2.50. The molecule has 15 heteroatoms. The summed E-state index contributed by atoms with van der Waals surface area (Å²) >= 11 is 0.961. The molecule has 4 heterocycles. The Labute approximate surface area is 273 Å². The first-order chi connectivity index (χ1) is 22.2. The molecule has 0 aliphatic carbocycles. The normalized spacial score (nSPS) is 23.9. The van der Waals surface area contributed by atoms with E-state index >= 15 is 0 Å². The van der Waals surface area contributed by atoms with Crippen LogP contribution < -0.4 is 5.32 Å². The first-order valence-corrected chi connectivity index (χ1v) is 17.9. The number of carbonyl (C=O) groups is 4. The number of thiophene rings is 1. The largest absolute Gasteiger partial charge is 0.399 e. The minimum atomic E-state index is -5.79. The van der Waals surface area contributed by atoms with E-state index in [9.17, 15) is 32.5 Å². The molecule has 0 radical (unpaired) electrons. The van der Waals surface area contributed by atoms with Gasteiger partial charge in [-0.3, -0.25) is 23.7 Å². The summed E-state index contributed by atoms with van der Waals surface area (Å²) in [6.07, 6.45) is 2.38. The van der Waals surface area contributed by atoms with Crippen LogP contribution in [0.1, 0.15) is 59.3 Å². The summed E-state index contributed by atoms with van der Waals surface area (Å²) in [6.45, 7) is 2.76. The standard InChI is InChI=1S/C32H35F2N4O7PS/c1-19(39)36-14-12-24-8-9-26(31(42)37-13-11-21(17-37)20-5-3-2-4-6-20)38(24)30(41)25(18-36)35-29(40)28-16-22-15-23(7-10-27(22)47-28)32(33,34)46(43,44)45/h2-7,10,15-16,21,24-26H,8-9,11-14,17-18H2,1H3,(H,35,40)(H2,43,44,45)/t21-,24-,25?,26+/m1/s1. The van der Waals surface area contributed by atoms with Crippen molar-refractivity contribution in [3.8, 4) is 0 Å². The Bertz CT molecular complexity index is 1770. The van der Waals surface area contributed by atoms with E-state index in [0.717, 1.165) is 35.5 Å². The molecule has 1 unspecified atom stereocenters. The first kappa shape index (κ1) is 33.2. The Hall–Kier alpha value is -3.71. The molecule has 0 saturated carbocycles. The molecule has 3 aromatic rings. The topological polar surface area (TPSA) is 148 Å². The summed E-state index contributed by atoms with van der Waals surface area (Å²) in [5.41, 5.74) is -4.14. The fraction of sp³-hybridized carbons (Fsp3) is 0.438. The molecule has 6 rings (SSSR count). The summed E-state index contributed by atoms with van der Waals surface area (Å²) in [7, 11) is -5.79. The van der Waals surface area contributed by atoms with Crippen LogP contribution in [0.2, 0.25) is 0 Å². The lowest BCUT2D eigenvalue weighted by atomic mass is 9.99. The van der Waals surface area contributed by atoms with Crippen LogP contribution in [-0.2, 0) is 24.6 Å². The number of rotatable bonds is 6. The van der Waals surface area contributed by atoms with Crippen molar-refractivity contribution in [1.29, 1.82) is 0 Å². The molecule has 0 bridgehead atoms. The number of likely N-dealkylation sites (tertiary alicyclic amines) is 1. The molecule has 47 heavy (non-hydrogen) atoms. The van der Waals surface area contributed by atoms with Gasteiger partial charge < -0.3 is 29.8 Å². The Kier molecular flexibility index (Phi) is 8.98. The summed E-state index contributed by atoms with van der Waals surface area (Å²) < 4.78 is 40.5. The zero-order chi connectivity index (χ0) is 33.7. The number of hydrogen-bond acceptors (Lipinski definition) is 6. The third-order valence-corrected chi connectivity index (χ3v) is 11.6. The fourth-order valence-electron chi connectivity index (χ4n) is 6.92. The van der Waals surface area contributed by atoms with Crippen molar-refractivity contribution < 1.29 is 42.3 Å². The average molecular weight is 689 g/mol. The lowest BCUT2D eigenvalue weighted by molar-refractivity contribution is -0.148. The summed E-state index contributed by atoms with van der Waals surface area (Å²) in [5.74, 6) is -1.33. The van der Waals surface area contributed by atoms with Crippen molar-refractivity contribution in [2.24, 2.45) is 0 Å². The van der Waals surface area contributed by atoms with Crippen molar-refractivity contribution in [3.63, 3.8) is 0 Å². The number of amides is 4. The molecule has 2 aromatic carbocycles. The monoisotopic (exact) mass is 688 g/mol. The molecule has 3 N–H and O–H groups in total. The molecular weight excluding hydrogens is 653 g/mol. The van der Waals surface area contributed by atoms with Crippen molar-refractivity contribution in [1.82, 2.24) is 20.0 Å². The fourth-order valence-corrected chi connectivity index (χ4v) is 8.34. The Morgan fingerprint density at radius 3 is 2.38 bits per heavy atom. The average Bonchev–Trinajstić information content (AvgIpc) is 3.79. The van der Waals surface area contributed by atoms with E-state index < -0.39 is 42.7 Å². The summed E-state index contributed by atoms with van der Waals surface area (Å²) in [6, 6.07) is 12.2. The second kappa shape index (κ2) is 12.7. The van der Waals surface area contributed by atoms with Gasteiger partial charge in [0, 0.05) is 55.3 Å². The summed E-state index contributed by atoms with van der Waals surface area (Å²) in [5, 5.41) is 2.90. The minimum absolute atomic E-state index is 0.0792.